The van der Waals surface area contributed by atoms with Gasteiger partial charge in [0.15, 0.2) is 0 Å². The molecule has 0 amide bonds. The molecule has 0 N–H and O–H groups in total. The second-order valence-electron chi connectivity index (χ2n) is 3.05. The fourth-order valence-electron chi connectivity index (χ4n) is 1.22. The quantitative estimate of drug-likeness (QED) is 0.759. The second-order valence-corrected chi connectivity index (χ2v) is 3.63. The van der Waals surface area contributed by atoms with Crippen molar-refractivity contribution in [1.29, 1.82) is 0 Å². The maximum atomic E-state index is 12.1. The summed E-state index contributed by atoms with van der Waals surface area (Å²) in [6, 6.07) is 4.33. The summed E-state index contributed by atoms with van der Waals surface area (Å²) >= 11 is 0. The first-order valence-electron chi connectivity index (χ1n) is 4.46. The summed E-state index contributed by atoms with van der Waals surface area (Å²) < 4.78 is 45.0. The van der Waals surface area contributed by atoms with E-state index in [1.54, 1.807) is 12.1 Å². The number of hydrogen-bond donors (Lipinski definition) is 0. The lowest BCUT2D eigenvalue weighted by Crippen LogP contribution is -2.18. The first kappa shape index (κ1) is 12.8. The minimum absolute atomic E-state index is 0.110. The van der Waals surface area contributed by atoms with Crippen LogP contribution in [-0.4, -0.2) is 16.8 Å². The summed E-state index contributed by atoms with van der Waals surface area (Å²) in [6.07, 6.45) is -3.14. The molecule has 1 aromatic rings. The van der Waals surface area contributed by atoms with Gasteiger partial charge in [0, 0.05) is 5.56 Å². The van der Waals surface area contributed by atoms with Crippen molar-refractivity contribution < 1.29 is 22.3 Å². The van der Waals surface area contributed by atoms with Crippen LogP contribution in [0.1, 0.15) is 11.1 Å². The van der Waals surface area contributed by atoms with Crippen LogP contribution in [0, 0.1) is 0 Å². The van der Waals surface area contributed by atoms with E-state index in [-0.39, 0.29) is 12.4 Å². The van der Waals surface area contributed by atoms with Crippen LogP contribution in [0.25, 0.3) is 6.08 Å². The van der Waals surface area contributed by atoms with Crippen molar-refractivity contribution >= 4 is 16.6 Å². The zero-order valence-electron chi connectivity index (χ0n) is 8.67. The Bertz CT molecular complexity index is 377. The van der Waals surface area contributed by atoms with E-state index in [1.165, 1.54) is 12.1 Å². The number of halogens is 3. The first-order valence-corrected chi connectivity index (χ1v) is 5.28. The van der Waals surface area contributed by atoms with Crippen molar-refractivity contribution in [2.45, 2.75) is 13.0 Å². The molecule has 0 bridgehead atoms. The number of alkyl halides is 3. The molecule has 0 saturated heterocycles. The van der Waals surface area contributed by atoms with Crippen molar-refractivity contribution in [3.63, 3.8) is 0 Å². The monoisotopic (exact) mass is 248 g/mol. The first-order chi connectivity index (χ1) is 7.46. The van der Waals surface area contributed by atoms with E-state index >= 15 is 0 Å². The average Bonchev–Trinajstić information content (AvgIpc) is 2.19. The molecule has 88 valence electrons. The van der Waals surface area contributed by atoms with E-state index in [0.717, 1.165) is 5.56 Å². The van der Waals surface area contributed by atoms with Crippen LogP contribution in [-0.2, 0) is 11.0 Å². The molecular weight excluding hydrogens is 237 g/mol. The van der Waals surface area contributed by atoms with Crippen molar-refractivity contribution in [2.24, 2.45) is 0 Å². The zero-order valence-corrected chi connectivity index (χ0v) is 10.7. The van der Waals surface area contributed by atoms with Crippen LogP contribution in [0.4, 0.5) is 13.2 Å². The lowest BCUT2D eigenvalue weighted by atomic mass is 10.1. The minimum atomic E-state index is -4.68. The maximum absolute atomic E-state index is 12.1. The van der Waals surface area contributed by atoms with E-state index in [1.807, 2.05) is 0 Å². The normalized spacial score (nSPS) is 11.4. The molecule has 0 spiro atoms. The Labute approximate surface area is 94.2 Å². The van der Waals surface area contributed by atoms with Gasteiger partial charge < -0.3 is 9.16 Å². The van der Waals surface area contributed by atoms with Gasteiger partial charge in [-0.25, -0.2) is 0 Å². The highest BCUT2D eigenvalue weighted by molar-refractivity contribution is 5.97. The Balaban J connectivity index is 3.02. The van der Waals surface area contributed by atoms with E-state index in [4.69, 9.17) is 4.43 Å². The summed E-state index contributed by atoms with van der Waals surface area (Å²) in [6.45, 7) is 3.65. The van der Waals surface area contributed by atoms with Crippen LogP contribution >= 0.6 is 0 Å². The van der Waals surface area contributed by atoms with Crippen LogP contribution in [0.15, 0.2) is 24.8 Å². The van der Waals surface area contributed by atoms with E-state index < -0.39 is 6.36 Å². The Kier molecular flexibility index (Phi) is 4.14. The molecule has 1 aromatic carbocycles. The SMILES string of the molecule is C=Cc1ccc(OC(F)(F)F)c(CO[SiH3])c1. The molecule has 0 atom stereocenters. The molecule has 0 aromatic heterocycles. The summed E-state index contributed by atoms with van der Waals surface area (Å²) in [5.74, 6) is -0.228. The number of benzene rings is 1. The van der Waals surface area contributed by atoms with Crippen LogP contribution in [0.2, 0.25) is 0 Å². The number of hydrogen-bond acceptors (Lipinski definition) is 2. The van der Waals surface area contributed by atoms with Crippen LogP contribution in [0.5, 0.6) is 5.75 Å². The molecule has 2 nitrogen and oxygen atoms in total. The van der Waals surface area contributed by atoms with Gasteiger partial charge in [-0.3, -0.25) is 0 Å². The largest absolute Gasteiger partial charge is 0.573 e. The topological polar surface area (TPSA) is 18.5 Å². The Morgan fingerprint density at radius 1 is 1.38 bits per heavy atom. The Morgan fingerprint density at radius 2 is 2.06 bits per heavy atom. The van der Waals surface area contributed by atoms with Gasteiger partial charge in [-0.15, -0.1) is 13.2 Å². The highest BCUT2D eigenvalue weighted by Crippen LogP contribution is 2.27. The van der Waals surface area contributed by atoms with E-state index in [9.17, 15) is 13.2 Å². The van der Waals surface area contributed by atoms with Gasteiger partial charge in [0.2, 0.25) is 0 Å². The zero-order chi connectivity index (χ0) is 12.2. The van der Waals surface area contributed by atoms with Gasteiger partial charge in [-0.1, -0.05) is 18.7 Å². The van der Waals surface area contributed by atoms with Crippen LogP contribution in [0.3, 0.4) is 0 Å². The Hall–Kier alpha value is -1.27. The van der Waals surface area contributed by atoms with Gasteiger partial charge in [-0.2, -0.15) is 0 Å². The lowest BCUT2D eigenvalue weighted by molar-refractivity contribution is -0.275. The van der Waals surface area contributed by atoms with Crippen molar-refractivity contribution in [3.8, 4) is 5.75 Å². The molecular formula is C10H11F3O2Si. The average molecular weight is 248 g/mol. The molecule has 0 unspecified atom stereocenters. The summed E-state index contributed by atoms with van der Waals surface area (Å²) in [4.78, 5) is 0. The molecule has 0 saturated carbocycles. The predicted molar refractivity (Wildman–Crippen MR) is 57.9 cm³/mol. The fourth-order valence-corrected chi connectivity index (χ4v) is 1.53. The van der Waals surface area contributed by atoms with Gasteiger partial charge in [0.05, 0.1) is 6.61 Å². The summed E-state index contributed by atoms with van der Waals surface area (Å²) in [7, 11) is 0.450. The molecule has 0 fully saturated rings. The van der Waals surface area contributed by atoms with Gasteiger partial charge >= 0.3 is 6.36 Å². The standard InChI is InChI=1S/C10H11F3O2Si/c1-2-7-3-4-9(15-10(11,12)13)8(5-7)6-14-16/h2-5H,1,6H2,16H3. The van der Waals surface area contributed by atoms with Crippen molar-refractivity contribution in [1.82, 2.24) is 0 Å². The molecule has 1 rings (SSSR count). The second kappa shape index (κ2) is 5.18. The molecule has 0 heterocycles. The number of rotatable bonds is 4. The third-order valence-electron chi connectivity index (χ3n) is 1.85. The maximum Gasteiger partial charge on any atom is 0.573 e. The van der Waals surface area contributed by atoms with E-state index in [0.29, 0.717) is 16.0 Å². The highest BCUT2D eigenvalue weighted by atomic mass is 28.2. The summed E-state index contributed by atoms with van der Waals surface area (Å²) in [5, 5.41) is 0. The third-order valence-corrected chi connectivity index (χ3v) is 2.13. The molecule has 0 aliphatic heterocycles. The Morgan fingerprint density at radius 3 is 2.56 bits per heavy atom. The van der Waals surface area contributed by atoms with Crippen LogP contribution < -0.4 is 4.74 Å². The lowest BCUT2D eigenvalue weighted by Gasteiger charge is -2.13. The van der Waals surface area contributed by atoms with E-state index in [2.05, 4.69) is 11.3 Å². The van der Waals surface area contributed by atoms with Gasteiger partial charge in [0.1, 0.15) is 16.2 Å². The minimum Gasteiger partial charge on any atom is -0.424 e. The molecule has 6 heteroatoms. The molecule has 0 aliphatic carbocycles. The molecule has 0 radical (unpaired) electrons. The fraction of sp³-hybridized carbons (Fsp3) is 0.200. The van der Waals surface area contributed by atoms with Gasteiger partial charge in [-0.05, 0) is 17.7 Å². The third kappa shape index (κ3) is 3.71. The summed E-state index contributed by atoms with van der Waals surface area (Å²) in [5.41, 5.74) is 1.09. The van der Waals surface area contributed by atoms with Gasteiger partial charge in [0.25, 0.3) is 0 Å². The van der Waals surface area contributed by atoms with Crippen molar-refractivity contribution in [3.05, 3.63) is 35.9 Å². The smallest absolute Gasteiger partial charge is 0.424 e. The molecule has 0 aliphatic rings. The number of ether oxygens (including phenoxy) is 1. The molecule has 16 heavy (non-hydrogen) atoms. The predicted octanol–water partition coefficient (Wildman–Crippen LogP) is 2.03. The van der Waals surface area contributed by atoms with Crippen molar-refractivity contribution in [2.75, 3.05) is 0 Å². The highest BCUT2D eigenvalue weighted by Gasteiger charge is 2.32.